The van der Waals surface area contributed by atoms with E-state index in [9.17, 15) is 4.79 Å². The van der Waals surface area contributed by atoms with Crippen LogP contribution < -0.4 is 5.32 Å². The average Bonchev–Trinajstić information content (AvgIpc) is 3.06. The Balaban J connectivity index is 1.64. The monoisotopic (exact) mass is 348 g/mol. The summed E-state index contributed by atoms with van der Waals surface area (Å²) in [7, 11) is 0. The van der Waals surface area contributed by atoms with Crippen LogP contribution in [0.15, 0.2) is 0 Å². The molecule has 0 aromatic rings. The minimum atomic E-state index is -0.893. The number of alkyl halides is 2. The summed E-state index contributed by atoms with van der Waals surface area (Å²) >= 11 is 12.3. The number of nitrogens with zero attached hydrogens (tertiary/aromatic N) is 1. The van der Waals surface area contributed by atoms with Crippen LogP contribution in [0.2, 0.25) is 0 Å². The van der Waals surface area contributed by atoms with Crippen LogP contribution in [0.4, 0.5) is 0 Å². The molecule has 22 heavy (non-hydrogen) atoms. The number of amides is 1. The number of hydrogen-bond donors (Lipinski definition) is 1. The van der Waals surface area contributed by atoms with E-state index in [1.807, 2.05) is 6.92 Å². The number of carbonyl (C=O) groups is 1. The summed E-state index contributed by atoms with van der Waals surface area (Å²) in [5.74, 6) is -0.00397. The fourth-order valence-electron chi connectivity index (χ4n) is 3.94. The van der Waals surface area contributed by atoms with Gasteiger partial charge >= 0.3 is 0 Å². The first-order chi connectivity index (χ1) is 10.4. The van der Waals surface area contributed by atoms with E-state index in [4.69, 9.17) is 27.9 Å². The van der Waals surface area contributed by atoms with Crippen molar-refractivity contribution >= 4 is 29.1 Å². The molecule has 4 nitrogen and oxygen atoms in total. The van der Waals surface area contributed by atoms with Gasteiger partial charge in [-0.1, -0.05) is 19.3 Å². The molecular weight excluding hydrogens is 323 g/mol. The maximum atomic E-state index is 12.5. The Hall–Kier alpha value is -0.0300. The molecular formula is C16H26Cl2N2O2. The molecule has 1 heterocycles. The van der Waals surface area contributed by atoms with Crippen LogP contribution in [-0.4, -0.2) is 53.5 Å². The first-order valence-corrected chi connectivity index (χ1v) is 9.14. The molecule has 1 atom stereocenters. The number of nitrogens with one attached hydrogen (secondary N) is 1. The van der Waals surface area contributed by atoms with Crippen LogP contribution in [0.5, 0.6) is 0 Å². The number of rotatable bonds is 4. The van der Waals surface area contributed by atoms with E-state index < -0.39 is 9.75 Å². The zero-order valence-corrected chi connectivity index (χ0v) is 14.8. The number of ether oxygens (including phenoxy) is 1. The smallest absolute Gasteiger partial charge is 0.229 e. The molecule has 6 heteroatoms. The third-order valence-electron chi connectivity index (χ3n) is 5.80. The molecule has 0 spiro atoms. The van der Waals surface area contributed by atoms with Crippen molar-refractivity contribution in [2.75, 3.05) is 32.8 Å². The predicted molar refractivity (Wildman–Crippen MR) is 88.4 cm³/mol. The maximum Gasteiger partial charge on any atom is 0.229 e. The number of carbonyl (C=O) groups excluding carboxylic acids is 1. The number of hydrogen-bond acceptors (Lipinski definition) is 3. The van der Waals surface area contributed by atoms with Crippen LogP contribution in [0.25, 0.3) is 0 Å². The Morgan fingerprint density at radius 2 is 1.77 bits per heavy atom. The summed E-state index contributed by atoms with van der Waals surface area (Å²) in [5.41, 5.74) is -0.540. The molecule has 1 amide bonds. The molecule has 2 saturated carbocycles. The van der Waals surface area contributed by atoms with Gasteiger partial charge in [-0.25, -0.2) is 0 Å². The van der Waals surface area contributed by atoms with Gasteiger partial charge in [0.2, 0.25) is 5.91 Å². The van der Waals surface area contributed by atoms with Crippen molar-refractivity contribution in [3.63, 3.8) is 0 Å². The predicted octanol–water partition coefficient (Wildman–Crippen LogP) is 2.72. The second-order valence-electron chi connectivity index (χ2n) is 7.28. The van der Waals surface area contributed by atoms with Crippen LogP contribution in [0, 0.1) is 5.41 Å². The normalized spacial score (nSPS) is 34.1. The molecule has 0 bridgehead atoms. The Kier molecular flexibility index (Phi) is 4.68. The highest BCUT2D eigenvalue weighted by atomic mass is 35.5. The Bertz CT molecular complexity index is 432. The minimum Gasteiger partial charge on any atom is -0.379 e. The van der Waals surface area contributed by atoms with Gasteiger partial charge in [-0.15, -0.1) is 23.2 Å². The van der Waals surface area contributed by atoms with Crippen molar-refractivity contribution in [3.05, 3.63) is 0 Å². The molecule has 3 rings (SSSR count). The fraction of sp³-hybridized carbons (Fsp3) is 0.938. The molecule has 3 fully saturated rings. The van der Waals surface area contributed by atoms with Gasteiger partial charge in [-0.05, 0) is 26.2 Å². The van der Waals surface area contributed by atoms with E-state index in [0.29, 0.717) is 13.0 Å². The summed E-state index contributed by atoms with van der Waals surface area (Å²) < 4.78 is 4.60. The summed E-state index contributed by atoms with van der Waals surface area (Å²) in [6.45, 7) is 6.06. The zero-order valence-electron chi connectivity index (χ0n) is 13.3. The highest BCUT2D eigenvalue weighted by Crippen LogP contribution is 2.63. The Morgan fingerprint density at radius 3 is 2.32 bits per heavy atom. The SMILES string of the molecule is CC1(C(=O)NCC2(N3CCOCC3)CCCCC2)CC1(Cl)Cl. The molecule has 0 radical (unpaired) electrons. The standard InChI is InChI=1S/C16H26Cl2N2O2/c1-14(11-16(14,17)18)13(21)19-12-15(5-3-2-4-6-15)20-7-9-22-10-8-20/h2-12H2,1H3,(H,19,21). The molecule has 2 aliphatic carbocycles. The second-order valence-corrected chi connectivity index (χ2v) is 8.76. The van der Waals surface area contributed by atoms with Crippen LogP contribution in [-0.2, 0) is 9.53 Å². The van der Waals surface area contributed by atoms with Crippen LogP contribution in [0.1, 0.15) is 45.4 Å². The summed E-state index contributed by atoms with van der Waals surface area (Å²) in [6.07, 6.45) is 6.61. The molecule has 1 saturated heterocycles. The number of morpholine rings is 1. The van der Waals surface area contributed by atoms with Gasteiger partial charge in [-0.2, -0.15) is 0 Å². The van der Waals surface area contributed by atoms with Crippen molar-refractivity contribution in [1.82, 2.24) is 10.2 Å². The summed E-state index contributed by atoms with van der Waals surface area (Å²) in [5, 5.41) is 3.16. The summed E-state index contributed by atoms with van der Waals surface area (Å²) in [6, 6.07) is 0. The highest BCUT2D eigenvalue weighted by molar-refractivity contribution is 6.53. The van der Waals surface area contributed by atoms with E-state index in [0.717, 1.165) is 39.1 Å². The van der Waals surface area contributed by atoms with Gasteiger partial charge in [0.25, 0.3) is 0 Å². The molecule has 1 unspecified atom stereocenters. The van der Waals surface area contributed by atoms with Gasteiger partial charge in [0.1, 0.15) is 4.33 Å². The molecule has 3 aliphatic rings. The average molecular weight is 349 g/mol. The first kappa shape index (κ1) is 16.8. The topological polar surface area (TPSA) is 41.6 Å². The van der Waals surface area contributed by atoms with Crippen LogP contribution in [0.3, 0.4) is 0 Å². The van der Waals surface area contributed by atoms with E-state index in [-0.39, 0.29) is 11.4 Å². The van der Waals surface area contributed by atoms with E-state index in [1.165, 1.54) is 19.3 Å². The molecule has 0 aromatic heterocycles. The zero-order chi connectivity index (χ0) is 15.8. The maximum absolute atomic E-state index is 12.5. The lowest BCUT2D eigenvalue weighted by molar-refractivity contribution is -0.127. The lowest BCUT2D eigenvalue weighted by atomic mass is 9.79. The highest BCUT2D eigenvalue weighted by Gasteiger charge is 2.68. The quantitative estimate of drug-likeness (QED) is 0.794. The fourth-order valence-corrected chi connectivity index (χ4v) is 4.64. The van der Waals surface area contributed by atoms with E-state index in [1.54, 1.807) is 0 Å². The van der Waals surface area contributed by atoms with Gasteiger partial charge in [-0.3, -0.25) is 9.69 Å². The Morgan fingerprint density at radius 1 is 1.18 bits per heavy atom. The van der Waals surface area contributed by atoms with Crippen molar-refractivity contribution in [2.45, 2.75) is 55.3 Å². The molecule has 126 valence electrons. The van der Waals surface area contributed by atoms with Crippen LogP contribution >= 0.6 is 23.2 Å². The van der Waals surface area contributed by atoms with Gasteiger partial charge in [0, 0.05) is 25.2 Å². The first-order valence-electron chi connectivity index (χ1n) is 8.39. The van der Waals surface area contributed by atoms with E-state index in [2.05, 4.69) is 10.2 Å². The molecule has 1 aliphatic heterocycles. The van der Waals surface area contributed by atoms with Crippen molar-refractivity contribution < 1.29 is 9.53 Å². The van der Waals surface area contributed by atoms with Crippen molar-refractivity contribution in [1.29, 1.82) is 0 Å². The largest absolute Gasteiger partial charge is 0.379 e. The van der Waals surface area contributed by atoms with Crippen molar-refractivity contribution in [2.24, 2.45) is 5.41 Å². The van der Waals surface area contributed by atoms with E-state index >= 15 is 0 Å². The third-order valence-corrected chi connectivity index (χ3v) is 6.90. The van der Waals surface area contributed by atoms with Gasteiger partial charge < -0.3 is 10.1 Å². The third kappa shape index (κ3) is 3.00. The molecule has 0 aromatic carbocycles. The van der Waals surface area contributed by atoms with Crippen molar-refractivity contribution in [3.8, 4) is 0 Å². The Labute approximate surface area is 142 Å². The number of halogens is 2. The lowest BCUT2D eigenvalue weighted by Crippen LogP contribution is -2.60. The van der Waals surface area contributed by atoms with Gasteiger partial charge in [0.15, 0.2) is 0 Å². The second kappa shape index (κ2) is 6.12. The lowest BCUT2D eigenvalue weighted by Gasteiger charge is -2.48. The minimum absolute atomic E-state index is 0.00397. The molecule has 1 N–H and O–H groups in total. The van der Waals surface area contributed by atoms with Gasteiger partial charge in [0.05, 0.1) is 18.6 Å². The summed E-state index contributed by atoms with van der Waals surface area (Å²) in [4.78, 5) is 15.0.